The minimum Gasteiger partial charge on any atom is -0.493 e. The number of ketones is 1. The molecule has 5 nitrogen and oxygen atoms in total. The average molecular weight is 285 g/mol. The molecule has 1 aromatic carbocycles. The van der Waals surface area contributed by atoms with E-state index < -0.39 is 10.0 Å². The smallest absolute Gasteiger partial charge is 0.209 e. The van der Waals surface area contributed by atoms with Crippen molar-refractivity contribution in [1.82, 2.24) is 0 Å². The van der Waals surface area contributed by atoms with Crippen molar-refractivity contribution in [2.75, 3.05) is 12.4 Å². The summed E-state index contributed by atoms with van der Waals surface area (Å²) in [7, 11) is -3.37. The quantitative estimate of drug-likeness (QED) is 0.582. The Morgan fingerprint density at radius 1 is 1.21 bits per heavy atom. The highest BCUT2D eigenvalue weighted by Crippen LogP contribution is 2.18. The molecule has 0 aromatic heterocycles. The van der Waals surface area contributed by atoms with Crippen molar-refractivity contribution >= 4 is 15.8 Å². The van der Waals surface area contributed by atoms with E-state index >= 15 is 0 Å². The average Bonchev–Trinajstić information content (AvgIpc) is 2.32. The van der Waals surface area contributed by atoms with Gasteiger partial charge in [-0.1, -0.05) is 12.1 Å². The van der Waals surface area contributed by atoms with Crippen LogP contribution in [0.25, 0.3) is 0 Å². The zero-order valence-electron chi connectivity index (χ0n) is 11.0. The molecule has 106 valence electrons. The monoisotopic (exact) mass is 285 g/mol. The number of carbonyl (C=O) groups excluding carboxylic acids is 1. The first kappa shape index (κ1) is 15.7. The largest absolute Gasteiger partial charge is 0.493 e. The Hall–Kier alpha value is -1.40. The molecule has 0 saturated heterocycles. The first-order valence-electron chi connectivity index (χ1n) is 6.13. The number of nitrogens with two attached hydrogens (primary N) is 1. The van der Waals surface area contributed by atoms with Gasteiger partial charge in [0, 0.05) is 0 Å². The second-order valence-electron chi connectivity index (χ2n) is 4.33. The second kappa shape index (κ2) is 7.25. The van der Waals surface area contributed by atoms with E-state index in [9.17, 15) is 13.2 Å². The summed E-state index contributed by atoms with van der Waals surface area (Å²) in [6, 6.07) is 7.07. The highest BCUT2D eigenvalue weighted by atomic mass is 32.2. The number of hydrogen-bond donors (Lipinski definition) is 1. The van der Waals surface area contributed by atoms with Gasteiger partial charge in [0.2, 0.25) is 10.0 Å². The fourth-order valence-corrected chi connectivity index (χ4v) is 2.25. The Bertz CT molecular complexity index is 525. The highest BCUT2D eigenvalue weighted by molar-refractivity contribution is 7.89. The molecule has 0 unspecified atom stereocenters. The number of unbranched alkanes of at least 4 members (excludes halogenated alkanes) is 2. The van der Waals surface area contributed by atoms with Crippen molar-refractivity contribution in [1.29, 1.82) is 0 Å². The maximum atomic E-state index is 11.4. The van der Waals surface area contributed by atoms with Crippen LogP contribution in [0.4, 0.5) is 0 Å². The number of ether oxygens (including phenoxy) is 1. The molecule has 1 rings (SSSR count). The zero-order valence-corrected chi connectivity index (χ0v) is 11.8. The molecule has 0 heterocycles. The molecule has 0 atom stereocenters. The number of para-hydroxylation sites is 1. The van der Waals surface area contributed by atoms with E-state index in [0.717, 1.165) is 12.8 Å². The standard InChI is InChI=1S/C13H19NO4S/c1-11(15)12-7-3-4-8-13(12)18-9-5-2-6-10-19(14,16)17/h3-4,7-8H,2,5-6,9-10H2,1H3,(H2,14,16,17). The minimum absolute atomic E-state index is 0.00294. The Morgan fingerprint density at radius 2 is 1.89 bits per heavy atom. The fraction of sp³-hybridized carbons (Fsp3) is 0.462. The number of primary sulfonamides is 1. The van der Waals surface area contributed by atoms with Crippen LogP contribution in [0.15, 0.2) is 24.3 Å². The Kier molecular flexibility index (Phi) is 5.98. The van der Waals surface area contributed by atoms with Crippen LogP contribution >= 0.6 is 0 Å². The number of rotatable bonds is 8. The van der Waals surface area contributed by atoms with Gasteiger partial charge in [-0.05, 0) is 38.3 Å². The maximum Gasteiger partial charge on any atom is 0.209 e. The van der Waals surface area contributed by atoms with Gasteiger partial charge in [-0.2, -0.15) is 0 Å². The van der Waals surface area contributed by atoms with E-state index in [0.29, 0.717) is 24.3 Å². The fourth-order valence-electron chi connectivity index (χ4n) is 1.65. The molecule has 6 heteroatoms. The lowest BCUT2D eigenvalue weighted by Crippen LogP contribution is -2.16. The zero-order chi connectivity index (χ0) is 14.3. The van der Waals surface area contributed by atoms with Gasteiger partial charge in [0.25, 0.3) is 0 Å². The van der Waals surface area contributed by atoms with Crippen LogP contribution in [-0.4, -0.2) is 26.6 Å². The second-order valence-corrected chi connectivity index (χ2v) is 6.06. The topological polar surface area (TPSA) is 86.5 Å². The van der Waals surface area contributed by atoms with Gasteiger partial charge < -0.3 is 4.74 Å². The van der Waals surface area contributed by atoms with E-state index in [4.69, 9.17) is 9.88 Å². The van der Waals surface area contributed by atoms with Crippen molar-refractivity contribution in [3.63, 3.8) is 0 Å². The summed E-state index contributed by atoms with van der Waals surface area (Å²) < 4.78 is 27.0. The van der Waals surface area contributed by atoms with E-state index in [-0.39, 0.29) is 11.5 Å². The molecule has 0 spiro atoms. The van der Waals surface area contributed by atoms with E-state index in [1.54, 1.807) is 18.2 Å². The molecular formula is C13H19NO4S. The normalized spacial score (nSPS) is 11.3. The van der Waals surface area contributed by atoms with Gasteiger partial charge >= 0.3 is 0 Å². The number of Topliss-reactive ketones (excluding diaryl/α,β-unsaturated/α-hetero) is 1. The third-order valence-electron chi connectivity index (χ3n) is 2.60. The first-order valence-corrected chi connectivity index (χ1v) is 7.85. The number of hydrogen-bond acceptors (Lipinski definition) is 4. The van der Waals surface area contributed by atoms with Crippen LogP contribution in [0.1, 0.15) is 36.5 Å². The van der Waals surface area contributed by atoms with Crippen molar-refractivity contribution in [3.8, 4) is 5.75 Å². The van der Waals surface area contributed by atoms with Gasteiger partial charge in [-0.3, -0.25) is 4.79 Å². The summed E-state index contributed by atoms with van der Waals surface area (Å²) in [4.78, 5) is 11.4. The van der Waals surface area contributed by atoms with Crippen molar-refractivity contribution in [2.24, 2.45) is 5.14 Å². The number of sulfonamides is 1. The van der Waals surface area contributed by atoms with E-state index in [2.05, 4.69) is 0 Å². The van der Waals surface area contributed by atoms with Crippen LogP contribution in [0.3, 0.4) is 0 Å². The summed E-state index contributed by atoms with van der Waals surface area (Å²) in [6.07, 6.45) is 1.97. The lowest BCUT2D eigenvalue weighted by molar-refractivity contribution is 0.101. The molecule has 0 saturated carbocycles. The lowest BCUT2D eigenvalue weighted by atomic mass is 10.1. The summed E-state index contributed by atoms with van der Waals surface area (Å²) in [6.45, 7) is 1.95. The van der Waals surface area contributed by atoms with Crippen molar-refractivity contribution < 1.29 is 17.9 Å². The lowest BCUT2D eigenvalue weighted by Gasteiger charge is -2.09. The minimum atomic E-state index is -3.37. The van der Waals surface area contributed by atoms with Crippen LogP contribution in [0, 0.1) is 0 Å². The van der Waals surface area contributed by atoms with Crippen molar-refractivity contribution in [3.05, 3.63) is 29.8 Å². The molecule has 2 N–H and O–H groups in total. The predicted octanol–water partition coefficient (Wildman–Crippen LogP) is 1.73. The van der Waals surface area contributed by atoms with E-state index in [1.807, 2.05) is 6.07 Å². The van der Waals surface area contributed by atoms with Crippen molar-refractivity contribution in [2.45, 2.75) is 26.2 Å². The first-order chi connectivity index (χ1) is 8.90. The van der Waals surface area contributed by atoms with Crippen LogP contribution < -0.4 is 9.88 Å². The molecule has 0 aliphatic rings. The number of carbonyl (C=O) groups is 1. The Morgan fingerprint density at radius 3 is 2.53 bits per heavy atom. The molecule has 0 radical (unpaired) electrons. The van der Waals surface area contributed by atoms with Crippen LogP contribution in [-0.2, 0) is 10.0 Å². The molecule has 0 aliphatic heterocycles. The Balaban J connectivity index is 2.32. The van der Waals surface area contributed by atoms with Crippen LogP contribution in [0.5, 0.6) is 5.75 Å². The molecular weight excluding hydrogens is 266 g/mol. The highest BCUT2D eigenvalue weighted by Gasteiger charge is 2.07. The molecule has 0 aliphatic carbocycles. The van der Waals surface area contributed by atoms with Gasteiger partial charge in [0.15, 0.2) is 5.78 Å². The van der Waals surface area contributed by atoms with Gasteiger partial charge in [0.1, 0.15) is 5.75 Å². The molecule has 0 fully saturated rings. The third kappa shape index (κ3) is 6.35. The SMILES string of the molecule is CC(=O)c1ccccc1OCCCCCS(N)(=O)=O. The van der Waals surface area contributed by atoms with Gasteiger partial charge in [0.05, 0.1) is 17.9 Å². The van der Waals surface area contributed by atoms with Gasteiger partial charge in [-0.25, -0.2) is 13.6 Å². The summed E-state index contributed by atoms with van der Waals surface area (Å²) in [5, 5.41) is 4.90. The molecule has 0 bridgehead atoms. The van der Waals surface area contributed by atoms with E-state index in [1.165, 1.54) is 6.92 Å². The third-order valence-corrected chi connectivity index (χ3v) is 3.45. The maximum absolute atomic E-state index is 11.4. The molecule has 19 heavy (non-hydrogen) atoms. The van der Waals surface area contributed by atoms with Gasteiger partial charge in [-0.15, -0.1) is 0 Å². The molecule has 0 amide bonds. The summed E-state index contributed by atoms with van der Waals surface area (Å²) in [5.74, 6) is 0.531. The Labute approximate surface area is 113 Å². The predicted molar refractivity (Wildman–Crippen MR) is 73.8 cm³/mol. The van der Waals surface area contributed by atoms with Crippen LogP contribution in [0.2, 0.25) is 0 Å². The molecule has 1 aromatic rings. The number of benzene rings is 1. The summed E-state index contributed by atoms with van der Waals surface area (Å²) in [5.41, 5.74) is 0.562. The summed E-state index contributed by atoms with van der Waals surface area (Å²) >= 11 is 0.